The lowest BCUT2D eigenvalue weighted by Crippen LogP contribution is -2.42. The van der Waals surface area contributed by atoms with Crippen LogP contribution in [0.15, 0.2) is 30.3 Å². The number of aliphatic carboxylic acids is 1. The number of primary amides is 1. The number of carboxylic acids is 1. The third-order valence-corrected chi connectivity index (χ3v) is 2.34. The lowest BCUT2D eigenvalue weighted by atomic mass is 10.1. The van der Waals surface area contributed by atoms with Gasteiger partial charge in [-0.25, -0.2) is 4.79 Å². The van der Waals surface area contributed by atoms with Crippen molar-refractivity contribution < 1.29 is 19.5 Å². The highest BCUT2D eigenvalue weighted by molar-refractivity contribution is 5.97. The lowest BCUT2D eigenvalue weighted by Gasteiger charge is -2.10. The van der Waals surface area contributed by atoms with Crippen LogP contribution in [-0.2, 0) is 9.59 Å². The maximum Gasteiger partial charge on any atom is 0.328 e. The van der Waals surface area contributed by atoms with Crippen molar-refractivity contribution in [1.29, 1.82) is 0 Å². The molecule has 1 rings (SSSR count). The highest BCUT2D eigenvalue weighted by Crippen LogP contribution is 2.07. The predicted molar refractivity (Wildman–Crippen MR) is 69.2 cm³/mol. The quantitative estimate of drug-likeness (QED) is 0.666. The summed E-state index contributed by atoms with van der Waals surface area (Å²) in [6.07, 6.45) is 2.35. The van der Waals surface area contributed by atoms with Gasteiger partial charge in [-0.05, 0) is 30.7 Å². The summed E-state index contributed by atoms with van der Waals surface area (Å²) < 4.78 is 0. The van der Waals surface area contributed by atoms with Gasteiger partial charge in [-0.15, -0.1) is 0 Å². The van der Waals surface area contributed by atoms with E-state index in [1.54, 1.807) is 18.2 Å². The van der Waals surface area contributed by atoms with Gasteiger partial charge in [0.1, 0.15) is 6.04 Å². The van der Waals surface area contributed by atoms with Crippen molar-refractivity contribution in [3.05, 3.63) is 41.5 Å². The summed E-state index contributed by atoms with van der Waals surface area (Å²) in [5.41, 5.74) is 5.93. The topological polar surface area (TPSA) is 109 Å². The Morgan fingerprint density at radius 2 is 2.05 bits per heavy atom. The minimum Gasteiger partial charge on any atom is -0.478 e. The van der Waals surface area contributed by atoms with E-state index in [1.165, 1.54) is 19.1 Å². The zero-order chi connectivity index (χ0) is 14.4. The first-order valence-electron chi connectivity index (χ1n) is 5.51. The molecule has 0 bridgehead atoms. The number of hydrogen-bond donors (Lipinski definition) is 3. The first kappa shape index (κ1) is 14.4. The molecule has 1 atom stereocenters. The summed E-state index contributed by atoms with van der Waals surface area (Å²) in [4.78, 5) is 33.0. The van der Waals surface area contributed by atoms with Crippen molar-refractivity contribution in [1.82, 2.24) is 5.32 Å². The number of carbonyl (C=O) groups excluding carboxylic acids is 2. The van der Waals surface area contributed by atoms with E-state index in [0.29, 0.717) is 11.1 Å². The van der Waals surface area contributed by atoms with Gasteiger partial charge >= 0.3 is 5.97 Å². The van der Waals surface area contributed by atoms with Crippen molar-refractivity contribution in [3.63, 3.8) is 0 Å². The lowest BCUT2D eigenvalue weighted by molar-refractivity contribution is -0.131. The number of carboxylic acid groups (broad SMARTS) is 1. The van der Waals surface area contributed by atoms with Crippen molar-refractivity contribution in [2.24, 2.45) is 5.73 Å². The number of nitrogens with one attached hydrogen (secondary N) is 1. The molecule has 4 N–H and O–H groups in total. The van der Waals surface area contributed by atoms with Crippen LogP contribution in [0.4, 0.5) is 0 Å². The molecule has 1 aromatic rings. The van der Waals surface area contributed by atoms with Crippen LogP contribution in [0.1, 0.15) is 22.8 Å². The number of rotatable bonds is 5. The van der Waals surface area contributed by atoms with Crippen LogP contribution < -0.4 is 11.1 Å². The zero-order valence-corrected chi connectivity index (χ0v) is 10.3. The van der Waals surface area contributed by atoms with E-state index in [-0.39, 0.29) is 0 Å². The van der Waals surface area contributed by atoms with E-state index >= 15 is 0 Å². The minimum atomic E-state index is -1.07. The molecule has 0 aliphatic heterocycles. The Kier molecular flexibility index (Phi) is 4.82. The molecule has 0 aliphatic rings. The second-order valence-corrected chi connectivity index (χ2v) is 3.89. The van der Waals surface area contributed by atoms with Crippen LogP contribution in [0.25, 0.3) is 6.08 Å². The molecular weight excluding hydrogens is 248 g/mol. The van der Waals surface area contributed by atoms with Crippen LogP contribution in [0.3, 0.4) is 0 Å². The number of benzene rings is 1. The number of amides is 2. The summed E-state index contributed by atoms with van der Waals surface area (Å²) in [6.45, 7) is 1.48. The van der Waals surface area contributed by atoms with Gasteiger partial charge in [0.15, 0.2) is 0 Å². The molecule has 0 fully saturated rings. The van der Waals surface area contributed by atoms with Gasteiger partial charge in [-0.1, -0.05) is 12.1 Å². The molecule has 0 heterocycles. The third kappa shape index (κ3) is 4.63. The molecule has 0 saturated carbocycles. The normalized spacial score (nSPS) is 12.1. The summed E-state index contributed by atoms with van der Waals surface area (Å²) in [6, 6.07) is 5.58. The van der Waals surface area contributed by atoms with Gasteiger partial charge in [-0.3, -0.25) is 9.59 Å². The Hall–Kier alpha value is -2.63. The first-order valence-corrected chi connectivity index (χ1v) is 5.51. The molecule has 1 aromatic carbocycles. The maximum atomic E-state index is 11.8. The molecular formula is C13H14N2O4. The maximum absolute atomic E-state index is 11.8. The van der Waals surface area contributed by atoms with Crippen molar-refractivity contribution in [3.8, 4) is 0 Å². The second-order valence-electron chi connectivity index (χ2n) is 3.89. The summed E-state index contributed by atoms with van der Waals surface area (Å²) in [7, 11) is 0. The van der Waals surface area contributed by atoms with Crippen LogP contribution >= 0.6 is 0 Å². The molecule has 6 nitrogen and oxygen atoms in total. The molecule has 6 heteroatoms. The van der Waals surface area contributed by atoms with E-state index in [9.17, 15) is 14.4 Å². The van der Waals surface area contributed by atoms with E-state index in [1.807, 2.05) is 0 Å². The van der Waals surface area contributed by atoms with Gasteiger partial charge in [0.2, 0.25) is 5.91 Å². The Morgan fingerprint density at radius 3 is 2.63 bits per heavy atom. The fourth-order valence-electron chi connectivity index (χ4n) is 1.30. The average Bonchev–Trinajstić information content (AvgIpc) is 2.36. The smallest absolute Gasteiger partial charge is 0.328 e. The number of nitrogens with two attached hydrogens (primary N) is 1. The molecule has 0 radical (unpaired) electrons. The molecule has 19 heavy (non-hydrogen) atoms. The molecule has 0 spiro atoms. The highest BCUT2D eigenvalue weighted by Gasteiger charge is 2.13. The number of carbonyl (C=O) groups is 3. The van der Waals surface area contributed by atoms with E-state index in [2.05, 4.69) is 5.32 Å². The van der Waals surface area contributed by atoms with E-state index in [0.717, 1.165) is 6.08 Å². The van der Waals surface area contributed by atoms with E-state index in [4.69, 9.17) is 10.8 Å². The Balaban J connectivity index is 2.84. The number of hydrogen-bond acceptors (Lipinski definition) is 3. The van der Waals surface area contributed by atoms with Crippen LogP contribution in [-0.4, -0.2) is 28.9 Å². The van der Waals surface area contributed by atoms with Gasteiger partial charge in [0.25, 0.3) is 5.91 Å². The van der Waals surface area contributed by atoms with E-state index < -0.39 is 23.8 Å². The minimum absolute atomic E-state index is 0.320. The fraction of sp³-hybridized carbons (Fsp3) is 0.154. The summed E-state index contributed by atoms with van der Waals surface area (Å²) >= 11 is 0. The standard InChI is InChI=1S/C13H14N2O4/c1-8(12(14)18)15-13(19)10-4-2-3-9(7-10)5-6-11(16)17/h2-8H,1H3,(H2,14,18)(H,15,19)(H,16,17)/b6-5+. The zero-order valence-electron chi connectivity index (χ0n) is 10.3. The SMILES string of the molecule is CC(NC(=O)c1cccc(/C=C/C(=O)O)c1)C(N)=O. The summed E-state index contributed by atoms with van der Waals surface area (Å²) in [5.74, 6) is -2.15. The third-order valence-electron chi connectivity index (χ3n) is 2.34. The van der Waals surface area contributed by atoms with Crippen molar-refractivity contribution in [2.45, 2.75) is 13.0 Å². The largest absolute Gasteiger partial charge is 0.478 e. The molecule has 0 saturated heterocycles. The van der Waals surface area contributed by atoms with Gasteiger partial charge in [-0.2, -0.15) is 0 Å². The van der Waals surface area contributed by atoms with Crippen LogP contribution in [0.5, 0.6) is 0 Å². The second kappa shape index (κ2) is 6.34. The fourth-order valence-corrected chi connectivity index (χ4v) is 1.30. The Morgan fingerprint density at radius 1 is 1.37 bits per heavy atom. The van der Waals surface area contributed by atoms with Gasteiger partial charge in [0.05, 0.1) is 0 Å². The molecule has 1 unspecified atom stereocenters. The van der Waals surface area contributed by atoms with Crippen LogP contribution in [0, 0.1) is 0 Å². The van der Waals surface area contributed by atoms with Gasteiger partial charge in [0, 0.05) is 11.6 Å². The highest BCUT2D eigenvalue weighted by atomic mass is 16.4. The molecule has 0 aromatic heterocycles. The average molecular weight is 262 g/mol. The van der Waals surface area contributed by atoms with Crippen molar-refractivity contribution >= 4 is 23.9 Å². The Labute approximate surface area is 109 Å². The molecule has 2 amide bonds. The first-order chi connectivity index (χ1) is 8.90. The molecule has 0 aliphatic carbocycles. The van der Waals surface area contributed by atoms with Crippen LogP contribution in [0.2, 0.25) is 0 Å². The Bertz CT molecular complexity index is 537. The van der Waals surface area contributed by atoms with Gasteiger partial charge < -0.3 is 16.2 Å². The predicted octanol–water partition coefficient (Wildman–Crippen LogP) is 0.388. The monoisotopic (exact) mass is 262 g/mol. The molecule has 100 valence electrons. The van der Waals surface area contributed by atoms with Crippen molar-refractivity contribution in [2.75, 3.05) is 0 Å². The summed E-state index contributed by atoms with van der Waals surface area (Å²) in [5, 5.41) is 10.9.